The van der Waals surface area contributed by atoms with E-state index in [1.165, 1.54) is 5.56 Å². The zero-order chi connectivity index (χ0) is 14.4. The number of benzene rings is 2. The fourth-order valence-corrected chi connectivity index (χ4v) is 2.06. The lowest BCUT2D eigenvalue weighted by atomic mass is 10.1. The lowest BCUT2D eigenvalue weighted by molar-refractivity contribution is 0.405. The van der Waals surface area contributed by atoms with Gasteiger partial charge in [0, 0.05) is 12.1 Å². The van der Waals surface area contributed by atoms with Crippen LogP contribution >= 0.6 is 0 Å². The number of hydrogen-bond donors (Lipinski definition) is 1. The van der Waals surface area contributed by atoms with Crippen molar-refractivity contribution >= 4 is 0 Å². The third-order valence-corrected chi connectivity index (χ3v) is 3.21. The van der Waals surface area contributed by atoms with Crippen LogP contribution in [0.5, 0.6) is 5.75 Å². The molecule has 2 rings (SSSR count). The number of hydrogen-bond acceptors (Lipinski definition) is 3. The molecule has 0 aliphatic rings. The Hall–Kier alpha value is -2.31. The maximum absolute atomic E-state index is 9.35. The molecule has 0 aliphatic carbocycles. The van der Waals surface area contributed by atoms with E-state index in [2.05, 4.69) is 42.6 Å². The molecule has 0 heterocycles. The molecule has 0 spiro atoms. The molecule has 0 radical (unpaired) electrons. The van der Waals surface area contributed by atoms with Crippen molar-refractivity contribution < 1.29 is 4.74 Å². The smallest absolute Gasteiger partial charge is 0.125 e. The molecule has 3 heteroatoms. The van der Waals surface area contributed by atoms with E-state index in [0.29, 0.717) is 6.54 Å². The molecule has 1 N–H and O–H groups in total. The third-order valence-electron chi connectivity index (χ3n) is 3.21. The molecular weight excluding hydrogens is 248 g/mol. The minimum absolute atomic E-state index is 0.382. The van der Waals surface area contributed by atoms with Gasteiger partial charge in [-0.15, -0.1) is 0 Å². The van der Waals surface area contributed by atoms with E-state index in [4.69, 9.17) is 4.74 Å². The minimum atomic E-state index is -0.382. The van der Waals surface area contributed by atoms with Crippen LogP contribution in [0.4, 0.5) is 0 Å². The summed E-state index contributed by atoms with van der Waals surface area (Å²) in [6.07, 6.45) is 0. The fourth-order valence-electron chi connectivity index (χ4n) is 2.06. The summed E-state index contributed by atoms with van der Waals surface area (Å²) < 4.78 is 5.30. The summed E-state index contributed by atoms with van der Waals surface area (Å²) in [7, 11) is 1.62. The number of methoxy groups -OCH3 is 1. The van der Waals surface area contributed by atoms with E-state index in [1.54, 1.807) is 7.11 Å². The van der Waals surface area contributed by atoms with Crippen molar-refractivity contribution in [1.29, 1.82) is 5.26 Å². The second-order valence-corrected chi connectivity index (χ2v) is 4.67. The normalized spacial score (nSPS) is 11.7. The van der Waals surface area contributed by atoms with E-state index in [-0.39, 0.29) is 6.04 Å². The van der Waals surface area contributed by atoms with Crippen LogP contribution in [0.15, 0.2) is 48.5 Å². The predicted molar refractivity (Wildman–Crippen MR) is 79.4 cm³/mol. The molecule has 0 saturated carbocycles. The van der Waals surface area contributed by atoms with Crippen molar-refractivity contribution in [2.75, 3.05) is 7.11 Å². The molecule has 3 nitrogen and oxygen atoms in total. The SMILES string of the molecule is COc1ccccc1C(C#N)NCc1ccc(C)cc1. The van der Waals surface area contributed by atoms with E-state index in [1.807, 2.05) is 24.3 Å². The summed E-state index contributed by atoms with van der Waals surface area (Å²) in [5.74, 6) is 0.732. The van der Waals surface area contributed by atoms with Crippen LogP contribution < -0.4 is 10.1 Å². The van der Waals surface area contributed by atoms with Gasteiger partial charge < -0.3 is 4.74 Å². The number of para-hydroxylation sites is 1. The number of aryl methyl sites for hydroxylation is 1. The van der Waals surface area contributed by atoms with Gasteiger partial charge in [0.25, 0.3) is 0 Å². The van der Waals surface area contributed by atoms with E-state index in [9.17, 15) is 5.26 Å². The second-order valence-electron chi connectivity index (χ2n) is 4.67. The van der Waals surface area contributed by atoms with Gasteiger partial charge in [-0.1, -0.05) is 48.0 Å². The zero-order valence-electron chi connectivity index (χ0n) is 11.8. The van der Waals surface area contributed by atoms with Gasteiger partial charge in [0.1, 0.15) is 11.8 Å². The molecule has 2 aromatic carbocycles. The Morgan fingerprint density at radius 1 is 1.15 bits per heavy atom. The third kappa shape index (κ3) is 3.37. The zero-order valence-corrected chi connectivity index (χ0v) is 11.8. The molecule has 20 heavy (non-hydrogen) atoms. The van der Waals surface area contributed by atoms with Crippen molar-refractivity contribution in [3.63, 3.8) is 0 Å². The monoisotopic (exact) mass is 266 g/mol. The summed E-state index contributed by atoms with van der Waals surface area (Å²) in [5.41, 5.74) is 3.26. The highest BCUT2D eigenvalue weighted by Gasteiger charge is 2.14. The average molecular weight is 266 g/mol. The van der Waals surface area contributed by atoms with E-state index < -0.39 is 0 Å². The predicted octanol–water partition coefficient (Wildman–Crippen LogP) is 3.36. The van der Waals surface area contributed by atoms with Gasteiger partial charge in [0.15, 0.2) is 0 Å². The lowest BCUT2D eigenvalue weighted by Crippen LogP contribution is -2.20. The van der Waals surface area contributed by atoms with Gasteiger partial charge >= 0.3 is 0 Å². The number of nitriles is 1. The maximum atomic E-state index is 9.35. The summed E-state index contributed by atoms with van der Waals surface area (Å²) in [6, 6.07) is 17.8. The molecule has 1 unspecified atom stereocenters. The van der Waals surface area contributed by atoms with Crippen molar-refractivity contribution in [2.24, 2.45) is 0 Å². The number of rotatable bonds is 5. The van der Waals surface area contributed by atoms with Crippen molar-refractivity contribution in [2.45, 2.75) is 19.5 Å². The molecule has 0 fully saturated rings. The first-order chi connectivity index (χ1) is 9.74. The number of nitrogens with one attached hydrogen (secondary N) is 1. The van der Waals surface area contributed by atoms with E-state index >= 15 is 0 Å². The molecule has 0 saturated heterocycles. The maximum Gasteiger partial charge on any atom is 0.125 e. The van der Waals surface area contributed by atoms with Crippen LogP contribution in [0.1, 0.15) is 22.7 Å². The van der Waals surface area contributed by atoms with Gasteiger partial charge in [-0.2, -0.15) is 5.26 Å². The summed E-state index contributed by atoms with van der Waals surface area (Å²) in [6.45, 7) is 2.71. The largest absolute Gasteiger partial charge is 0.496 e. The van der Waals surface area contributed by atoms with Gasteiger partial charge in [0.2, 0.25) is 0 Å². The van der Waals surface area contributed by atoms with Gasteiger partial charge in [-0.05, 0) is 18.6 Å². The quantitative estimate of drug-likeness (QED) is 0.902. The van der Waals surface area contributed by atoms with Crippen LogP contribution in [0.25, 0.3) is 0 Å². The Balaban J connectivity index is 2.10. The fraction of sp³-hybridized carbons (Fsp3) is 0.235. The molecule has 0 amide bonds. The highest BCUT2D eigenvalue weighted by molar-refractivity contribution is 5.38. The molecular formula is C17H18N2O. The Kier molecular flexibility index (Phi) is 4.75. The van der Waals surface area contributed by atoms with Crippen LogP contribution in [0.2, 0.25) is 0 Å². The van der Waals surface area contributed by atoms with Crippen LogP contribution in [0, 0.1) is 18.3 Å². The van der Waals surface area contributed by atoms with Crippen LogP contribution in [-0.2, 0) is 6.54 Å². The molecule has 0 bridgehead atoms. The van der Waals surface area contributed by atoms with Crippen molar-refractivity contribution in [3.8, 4) is 11.8 Å². The van der Waals surface area contributed by atoms with Crippen LogP contribution in [-0.4, -0.2) is 7.11 Å². The Morgan fingerprint density at radius 3 is 2.50 bits per heavy atom. The Bertz CT molecular complexity index is 599. The van der Waals surface area contributed by atoms with Crippen LogP contribution in [0.3, 0.4) is 0 Å². The molecule has 102 valence electrons. The van der Waals surface area contributed by atoms with Gasteiger partial charge in [-0.25, -0.2) is 0 Å². The topological polar surface area (TPSA) is 45.0 Å². The minimum Gasteiger partial charge on any atom is -0.496 e. The molecule has 0 aromatic heterocycles. The standard InChI is InChI=1S/C17H18N2O/c1-13-7-9-14(10-8-13)12-19-16(11-18)15-5-3-4-6-17(15)20-2/h3-10,16,19H,12H2,1-2H3. The summed E-state index contributed by atoms with van der Waals surface area (Å²) >= 11 is 0. The van der Waals surface area contributed by atoms with Crippen molar-refractivity contribution in [1.82, 2.24) is 5.32 Å². The van der Waals surface area contributed by atoms with E-state index in [0.717, 1.165) is 16.9 Å². The molecule has 1 atom stereocenters. The first-order valence-electron chi connectivity index (χ1n) is 6.56. The van der Waals surface area contributed by atoms with Gasteiger partial charge in [-0.3, -0.25) is 5.32 Å². The second kappa shape index (κ2) is 6.74. The Morgan fingerprint density at radius 2 is 1.85 bits per heavy atom. The molecule has 2 aromatic rings. The summed E-state index contributed by atoms with van der Waals surface area (Å²) in [5, 5.41) is 12.6. The Labute approximate surface area is 119 Å². The number of nitrogens with zero attached hydrogens (tertiary/aromatic N) is 1. The van der Waals surface area contributed by atoms with Crippen molar-refractivity contribution in [3.05, 3.63) is 65.2 Å². The van der Waals surface area contributed by atoms with Gasteiger partial charge in [0.05, 0.1) is 13.2 Å². The molecule has 0 aliphatic heterocycles. The average Bonchev–Trinajstić information content (AvgIpc) is 2.50. The first-order valence-corrected chi connectivity index (χ1v) is 6.56. The summed E-state index contributed by atoms with van der Waals surface area (Å²) in [4.78, 5) is 0. The highest BCUT2D eigenvalue weighted by atomic mass is 16.5. The number of ether oxygens (including phenoxy) is 1. The first kappa shape index (κ1) is 14.1. The lowest BCUT2D eigenvalue weighted by Gasteiger charge is -2.15. The highest BCUT2D eigenvalue weighted by Crippen LogP contribution is 2.24.